The van der Waals surface area contributed by atoms with Gasteiger partial charge in [0.15, 0.2) is 0 Å². The summed E-state index contributed by atoms with van der Waals surface area (Å²) >= 11 is 0. The van der Waals surface area contributed by atoms with Gasteiger partial charge in [0.25, 0.3) is 0 Å². The van der Waals surface area contributed by atoms with Crippen molar-refractivity contribution in [3.05, 3.63) is 65.2 Å². The number of amides is 1. The highest BCUT2D eigenvalue weighted by atomic mass is 16.5. The third-order valence-corrected chi connectivity index (χ3v) is 5.34. The number of likely N-dealkylation sites (tertiary alicyclic amines) is 1. The second kappa shape index (κ2) is 9.56. The minimum absolute atomic E-state index is 0.0227. The largest absolute Gasteiger partial charge is 0.497 e. The fourth-order valence-corrected chi connectivity index (χ4v) is 3.62. The van der Waals surface area contributed by atoms with Gasteiger partial charge >= 0.3 is 0 Å². The van der Waals surface area contributed by atoms with Gasteiger partial charge in [-0.05, 0) is 55.1 Å². The first-order valence-corrected chi connectivity index (χ1v) is 9.85. The zero-order chi connectivity index (χ0) is 19.1. The number of rotatable bonds is 7. The molecule has 0 aromatic heterocycles. The van der Waals surface area contributed by atoms with E-state index in [1.807, 2.05) is 24.3 Å². The maximum absolute atomic E-state index is 12.2. The SMILES string of the molecule is COc1cccc(CC(=O)NCc2ccc(CN3CCCC[C@H]3C)cc2)c1. The average molecular weight is 367 g/mol. The molecule has 2 aromatic rings. The molecule has 1 aliphatic rings. The van der Waals surface area contributed by atoms with Gasteiger partial charge in [0.2, 0.25) is 5.91 Å². The molecule has 1 fully saturated rings. The molecule has 1 N–H and O–H groups in total. The summed E-state index contributed by atoms with van der Waals surface area (Å²) in [4.78, 5) is 14.8. The Morgan fingerprint density at radius 1 is 1.11 bits per heavy atom. The molecule has 4 nitrogen and oxygen atoms in total. The summed E-state index contributed by atoms with van der Waals surface area (Å²) in [6.07, 6.45) is 4.33. The van der Waals surface area contributed by atoms with Crippen molar-refractivity contribution >= 4 is 5.91 Å². The molecule has 3 rings (SSSR count). The molecule has 144 valence electrons. The number of nitrogens with one attached hydrogen (secondary N) is 1. The molecule has 1 amide bonds. The Morgan fingerprint density at radius 2 is 1.89 bits per heavy atom. The van der Waals surface area contributed by atoms with Crippen LogP contribution in [0.15, 0.2) is 48.5 Å². The maximum Gasteiger partial charge on any atom is 0.224 e. The molecule has 0 bridgehead atoms. The Labute approximate surface area is 162 Å². The quantitative estimate of drug-likeness (QED) is 0.807. The first-order chi connectivity index (χ1) is 13.1. The van der Waals surface area contributed by atoms with Crippen LogP contribution in [0.3, 0.4) is 0 Å². The average Bonchev–Trinajstić information content (AvgIpc) is 2.69. The van der Waals surface area contributed by atoms with Gasteiger partial charge in [-0.2, -0.15) is 0 Å². The van der Waals surface area contributed by atoms with E-state index in [0.717, 1.165) is 23.4 Å². The fourth-order valence-electron chi connectivity index (χ4n) is 3.62. The van der Waals surface area contributed by atoms with E-state index in [4.69, 9.17) is 4.74 Å². The molecular formula is C23H30N2O2. The van der Waals surface area contributed by atoms with Crippen molar-refractivity contribution in [2.45, 2.75) is 51.7 Å². The Morgan fingerprint density at radius 3 is 2.63 bits per heavy atom. The lowest BCUT2D eigenvalue weighted by atomic mass is 10.0. The fraction of sp³-hybridized carbons (Fsp3) is 0.435. The Hall–Kier alpha value is -2.33. The molecule has 27 heavy (non-hydrogen) atoms. The lowest BCUT2D eigenvalue weighted by molar-refractivity contribution is -0.120. The summed E-state index contributed by atoms with van der Waals surface area (Å²) in [7, 11) is 1.63. The summed E-state index contributed by atoms with van der Waals surface area (Å²) in [5.74, 6) is 0.799. The van der Waals surface area contributed by atoms with E-state index in [-0.39, 0.29) is 5.91 Å². The topological polar surface area (TPSA) is 41.6 Å². The van der Waals surface area contributed by atoms with Gasteiger partial charge < -0.3 is 10.1 Å². The monoisotopic (exact) mass is 366 g/mol. The molecule has 0 saturated carbocycles. The van der Waals surface area contributed by atoms with Crippen molar-refractivity contribution in [2.75, 3.05) is 13.7 Å². The van der Waals surface area contributed by atoms with Crippen LogP contribution in [0.2, 0.25) is 0 Å². The van der Waals surface area contributed by atoms with Crippen LogP contribution in [0.4, 0.5) is 0 Å². The minimum Gasteiger partial charge on any atom is -0.497 e. The predicted molar refractivity (Wildman–Crippen MR) is 109 cm³/mol. The lowest BCUT2D eigenvalue weighted by Crippen LogP contribution is -2.36. The van der Waals surface area contributed by atoms with E-state index >= 15 is 0 Å². The molecule has 4 heteroatoms. The molecule has 2 aromatic carbocycles. The van der Waals surface area contributed by atoms with Gasteiger partial charge in [0.05, 0.1) is 13.5 Å². The lowest BCUT2D eigenvalue weighted by Gasteiger charge is -2.33. The summed E-state index contributed by atoms with van der Waals surface area (Å²) in [6.45, 7) is 5.10. The molecule has 1 saturated heterocycles. The van der Waals surface area contributed by atoms with E-state index < -0.39 is 0 Å². The second-order valence-electron chi connectivity index (χ2n) is 7.44. The Balaban J connectivity index is 1.47. The van der Waals surface area contributed by atoms with Crippen LogP contribution in [0, 0.1) is 0 Å². The van der Waals surface area contributed by atoms with Crippen molar-refractivity contribution in [1.29, 1.82) is 0 Å². The summed E-state index contributed by atoms with van der Waals surface area (Å²) in [5.41, 5.74) is 3.43. The van der Waals surface area contributed by atoms with Gasteiger partial charge in [-0.1, -0.05) is 42.8 Å². The number of hydrogen-bond acceptors (Lipinski definition) is 3. The van der Waals surface area contributed by atoms with Crippen LogP contribution < -0.4 is 10.1 Å². The predicted octanol–water partition coefficient (Wildman–Crippen LogP) is 3.93. The van der Waals surface area contributed by atoms with E-state index in [1.165, 1.54) is 31.4 Å². The normalized spacial score (nSPS) is 17.5. The summed E-state index contributed by atoms with van der Waals surface area (Å²) in [6, 6.07) is 16.9. The molecule has 0 radical (unpaired) electrons. The molecule has 1 heterocycles. The number of methoxy groups -OCH3 is 1. The number of ether oxygens (including phenoxy) is 1. The standard InChI is InChI=1S/C23H30N2O2/c1-18-6-3-4-13-25(18)17-20-11-9-19(10-12-20)16-24-23(26)15-21-7-5-8-22(14-21)27-2/h5,7-12,14,18H,3-4,6,13,15-17H2,1-2H3,(H,24,26)/t18-/m1/s1. The third-order valence-electron chi connectivity index (χ3n) is 5.34. The number of benzene rings is 2. The van der Waals surface area contributed by atoms with Crippen molar-refractivity contribution in [1.82, 2.24) is 10.2 Å². The van der Waals surface area contributed by atoms with E-state index in [1.54, 1.807) is 7.11 Å². The zero-order valence-electron chi connectivity index (χ0n) is 16.4. The van der Waals surface area contributed by atoms with Crippen LogP contribution >= 0.6 is 0 Å². The van der Waals surface area contributed by atoms with Gasteiger partial charge in [-0.15, -0.1) is 0 Å². The molecule has 0 unspecified atom stereocenters. The maximum atomic E-state index is 12.2. The summed E-state index contributed by atoms with van der Waals surface area (Å²) in [5, 5.41) is 3.00. The van der Waals surface area contributed by atoms with Gasteiger partial charge in [0, 0.05) is 19.1 Å². The highest BCUT2D eigenvalue weighted by molar-refractivity contribution is 5.78. The molecule has 1 aliphatic heterocycles. The van der Waals surface area contributed by atoms with E-state index in [9.17, 15) is 4.79 Å². The third kappa shape index (κ3) is 5.83. The molecule has 1 atom stereocenters. The number of carbonyl (C=O) groups excluding carboxylic acids is 1. The summed E-state index contributed by atoms with van der Waals surface area (Å²) < 4.78 is 5.20. The first-order valence-electron chi connectivity index (χ1n) is 9.85. The van der Waals surface area contributed by atoms with Gasteiger partial charge in [-0.25, -0.2) is 0 Å². The smallest absolute Gasteiger partial charge is 0.224 e. The first kappa shape index (κ1) is 19.4. The highest BCUT2D eigenvalue weighted by Crippen LogP contribution is 2.19. The highest BCUT2D eigenvalue weighted by Gasteiger charge is 2.17. The Kier molecular flexibility index (Phi) is 6.88. The van der Waals surface area contributed by atoms with Crippen LogP contribution in [0.1, 0.15) is 42.9 Å². The van der Waals surface area contributed by atoms with E-state index in [0.29, 0.717) is 19.0 Å². The molecule has 0 aliphatic carbocycles. The zero-order valence-corrected chi connectivity index (χ0v) is 16.4. The van der Waals surface area contributed by atoms with Crippen molar-refractivity contribution in [3.63, 3.8) is 0 Å². The van der Waals surface area contributed by atoms with Gasteiger partial charge in [0.1, 0.15) is 5.75 Å². The van der Waals surface area contributed by atoms with Crippen molar-refractivity contribution in [3.8, 4) is 5.75 Å². The van der Waals surface area contributed by atoms with Crippen molar-refractivity contribution < 1.29 is 9.53 Å². The van der Waals surface area contributed by atoms with Crippen molar-refractivity contribution in [2.24, 2.45) is 0 Å². The number of hydrogen-bond donors (Lipinski definition) is 1. The van der Waals surface area contributed by atoms with Crippen LogP contribution in [0.25, 0.3) is 0 Å². The second-order valence-corrected chi connectivity index (χ2v) is 7.44. The van der Waals surface area contributed by atoms with Gasteiger partial charge in [-0.3, -0.25) is 9.69 Å². The van der Waals surface area contributed by atoms with E-state index in [2.05, 4.69) is 41.4 Å². The molecule has 0 spiro atoms. The molecular weight excluding hydrogens is 336 g/mol. The number of piperidine rings is 1. The van der Waals surface area contributed by atoms with Crippen LogP contribution in [-0.2, 0) is 24.3 Å². The Bertz CT molecular complexity index is 742. The number of nitrogens with zero attached hydrogens (tertiary/aromatic N) is 1. The number of carbonyl (C=O) groups is 1. The van der Waals surface area contributed by atoms with Crippen LogP contribution in [0.5, 0.6) is 5.75 Å². The van der Waals surface area contributed by atoms with Crippen LogP contribution in [-0.4, -0.2) is 30.5 Å². The minimum atomic E-state index is 0.0227.